The lowest BCUT2D eigenvalue weighted by molar-refractivity contribution is -0.147. The van der Waals surface area contributed by atoms with Gasteiger partial charge in [-0.2, -0.15) is 18.3 Å². The molecule has 0 saturated heterocycles. The average Bonchev–Trinajstić information content (AvgIpc) is 2.58. The predicted molar refractivity (Wildman–Crippen MR) is 56.2 cm³/mol. The Hall–Kier alpha value is -1.08. The van der Waals surface area contributed by atoms with Crippen LogP contribution in [0.1, 0.15) is 12.0 Å². The minimum atomic E-state index is -4.22. The molecule has 0 unspecified atom stereocenters. The summed E-state index contributed by atoms with van der Waals surface area (Å²) >= 11 is 0. The molecule has 4 nitrogen and oxygen atoms in total. The van der Waals surface area contributed by atoms with Crippen molar-refractivity contribution in [1.82, 2.24) is 14.7 Å². The molecule has 1 N–H and O–H groups in total. The van der Waals surface area contributed by atoms with Gasteiger partial charge in [0.2, 0.25) is 0 Å². The fourth-order valence-electron chi connectivity index (χ4n) is 1.57. The number of nitrogens with zero attached hydrogens (tertiary/aromatic N) is 3. The standard InChI is InChI=1S/C10H16F3N3O/c1-15-6-9(5-14-15)7-16(3-2-4-17)8-10(11,12)13/h5-6,17H,2-4,7-8H2,1H3. The molecule has 0 amide bonds. The van der Waals surface area contributed by atoms with Gasteiger partial charge in [0.25, 0.3) is 0 Å². The Bertz CT molecular complexity index is 338. The molecule has 1 aromatic rings. The highest BCUT2D eigenvalue weighted by Gasteiger charge is 2.30. The minimum absolute atomic E-state index is 0.110. The number of hydrogen-bond acceptors (Lipinski definition) is 3. The Morgan fingerprint density at radius 1 is 1.47 bits per heavy atom. The second-order valence-corrected chi connectivity index (χ2v) is 3.93. The number of aliphatic hydroxyl groups is 1. The molecule has 0 radical (unpaired) electrons. The first-order chi connectivity index (χ1) is 7.90. The van der Waals surface area contributed by atoms with Gasteiger partial charge in [-0.1, -0.05) is 0 Å². The van der Waals surface area contributed by atoms with Gasteiger partial charge in [0.1, 0.15) is 0 Å². The number of aromatic nitrogens is 2. The van der Waals surface area contributed by atoms with Crippen LogP contribution in [0.2, 0.25) is 0 Å². The summed E-state index contributed by atoms with van der Waals surface area (Å²) in [6, 6.07) is 0. The van der Waals surface area contributed by atoms with E-state index < -0.39 is 12.7 Å². The van der Waals surface area contributed by atoms with Crippen LogP contribution in [0.5, 0.6) is 0 Å². The molecule has 0 aliphatic rings. The summed E-state index contributed by atoms with van der Waals surface area (Å²) in [5.41, 5.74) is 0.731. The van der Waals surface area contributed by atoms with E-state index in [1.54, 1.807) is 24.1 Å². The highest BCUT2D eigenvalue weighted by molar-refractivity contribution is 5.03. The van der Waals surface area contributed by atoms with Gasteiger partial charge in [-0.15, -0.1) is 0 Å². The number of alkyl halides is 3. The van der Waals surface area contributed by atoms with E-state index in [1.807, 2.05) is 0 Å². The van der Waals surface area contributed by atoms with Crippen LogP contribution in [0.15, 0.2) is 12.4 Å². The van der Waals surface area contributed by atoms with E-state index in [2.05, 4.69) is 5.10 Å². The molecule has 0 fully saturated rings. The molecule has 0 bridgehead atoms. The normalized spacial score (nSPS) is 12.4. The number of hydrogen-bond donors (Lipinski definition) is 1. The van der Waals surface area contributed by atoms with Gasteiger partial charge in [0.05, 0.1) is 12.7 Å². The minimum Gasteiger partial charge on any atom is -0.396 e. The summed E-state index contributed by atoms with van der Waals surface area (Å²) in [6.45, 7) is -0.679. The van der Waals surface area contributed by atoms with Crippen molar-refractivity contribution in [2.75, 3.05) is 19.7 Å². The SMILES string of the molecule is Cn1cc(CN(CCCO)CC(F)(F)F)cn1. The van der Waals surface area contributed by atoms with Crippen LogP contribution in [0, 0.1) is 0 Å². The van der Waals surface area contributed by atoms with Crippen molar-refractivity contribution in [3.8, 4) is 0 Å². The lowest BCUT2D eigenvalue weighted by Crippen LogP contribution is -2.34. The number of aliphatic hydroxyl groups excluding tert-OH is 1. The van der Waals surface area contributed by atoms with Gasteiger partial charge >= 0.3 is 6.18 Å². The van der Waals surface area contributed by atoms with Crippen molar-refractivity contribution >= 4 is 0 Å². The quantitative estimate of drug-likeness (QED) is 0.825. The Balaban J connectivity index is 2.56. The molecule has 0 saturated carbocycles. The molecule has 98 valence electrons. The highest BCUT2D eigenvalue weighted by Crippen LogP contribution is 2.18. The van der Waals surface area contributed by atoms with E-state index in [1.165, 1.54) is 4.90 Å². The van der Waals surface area contributed by atoms with Crippen LogP contribution in [-0.4, -0.2) is 45.7 Å². The second kappa shape index (κ2) is 6.02. The fraction of sp³-hybridized carbons (Fsp3) is 0.700. The molecule has 1 rings (SSSR count). The van der Waals surface area contributed by atoms with Crippen molar-refractivity contribution < 1.29 is 18.3 Å². The summed E-state index contributed by atoms with van der Waals surface area (Å²) in [4.78, 5) is 1.26. The lowest BCUT2D eigenvalue weighted by Gasteiger charge is -2.22. The number of aryl methyl sites for hydroxylation is 1. The third-order valence-electron chi connectivity index (χ3n) is 2.20. The van der Waals surface area contributed by atoms with Gasteiger partial charge in [0.15, 0.2) is 0 Å². The summed E-state index contributed by atoms with van der Waals surface area (Å²) in [7, 11) is 1.71. The van der Waals surface area contributed by atoms with Crippen molar-refractivity contribution in [2.24, 2.45) is 7.05 Å². The van der Waals surface area contributed by atoms with E-state index >= 15 is 0 Å². The zero-order valence-electron chi connectivity index (χ0n) is 9.61. The highest BCUT2D eigenvalue weighted by atomic mass is 19.4. The summed E-state index contributed by atoms with van der Waals surface area (Å²) < 4.78 is 38.5. The zero-order valence-corrected chi connectivity index (χ0v) is 9.61. The molecule has 0 atom stereocenters. The van der Waals surface area contributed by atoms with E-state index in [0.29, 0.717) is 6.42 Å². The lowest BCUT2D eigenvalue weighted by atomic mass is 10.3. The van der Waals surface area contributed by atoms with Gasteiger partial charge < -0.3 is 5.11 Å². The Morgan fingerprint density at radius 3 is 2.65 bits per heavy atom. The molecule has 0 spiro atoms. The number of halogens is 3. The molecular weight excluding hydrogens is 235 g/mol. The van der Waals surface area contributed by atoms with Crippen molar-refractivity contribution in [1.29, 1.82) is 0 Å². The Morgan fingerprint density at radius 2 is 2.18 bits per heavy atom. The van der Waals surface area contributed by atoms with Crippen molar-refractivity contribution in [2.45, 2.75) is 19.1 Å². The first-order valence-corrected chi connectivity index (χ1v) is 5.28. The largest absolute Gasteiger partial charge is 0.401 e. The van der Waals surface area contributed by atoms with Crippen LogP contribution >= 0.6 is 0 Å². The average molecular weight is 251 g/mol. The third-order valence-corrected chi connectivity index (χ3v) is 2.20. The maximum Gasteiger partial charge on any atom is 0.401 e. The zero-order chi connectivity index (χ0) is 12.9. The predicted octanol–water partition coefficient (Wildman–Crippen LogP) is 1.17. The Labute approximate surface area is 97.6 Å². The molecule has 0 aliphatic heterocycles. The molecule has 1 aromatic heterocycles. The molecule has 17 heavy (non-hydrogen) atoms. The van der Waals surface area contributed by atoms with E-state index in [-0.39, 0.29) is 19.7 Å². The number of rotatable bonds is 6. The summed E-state index contributed by atoms with van der Waals surface area (Å²) in [6.07, 6.45) is -0.668. The smallest absolute Gasteiger partial charge is 0.396 e. The van der Waals surface area contributed by atoms with Gasteiger partial charge in [-0.05, 0) is 6.42 Å². The van der Waals surface area contributed by atoms with E-state index in [0.717, 1.165) is 5.56 Å². The van der Waals surface area contributed by atoms with Crippen LogP contribution in [0.4, 0.5) is 13.2 Å². The summed E-state index contributed by atoms with van der Waals surface area (Å²) in [5, 5.41) is 12.6. The van der Waals surface area contributed by atoms with Crippen LogP contribution < -0.4 is 0 Å². The van der Waals surface area contributed by atoms with Crippen molar-refractivity contribution in [3.63, 3.8) is 0 Å². The van der Waals surface area contributed by atoms with E-state index in [9.17, 15) is 13.2 Å². The van der Waals surface area contributed by atoms with Crippen LogP contribution in [0.3, 0.4) is 0 Å². The fourth-order valence-corrected chi connectivity index (χ4v) is 1.57. The van der Waals surface area contributed by atoms with E-state index in [4.69, 9.17) is 5.11 Å². The molecule has 0 aromatic carbocycles. The molecular formula is C10H16F3N3O. The molecule has 0 aliphatic carbocycles. The topological polar surface area (TPSA) is 41.3 Å². The van der Waals surface area contributed by atoms with Crippen molar-refractivity contribution in [3.05, 3.63) is 18.0 Å². The Kier molecular flexibility index (Phi) is 4.95. The first-order valence-electron chi connectivity index (χ1n) is 5.28. The monoisotopic (exact) mass is 251 g/mol. The van der Waals surface area contributed by atoms with Crippen LogP contribution in [0.25, 0.3) is 0 Å². The third kappa shape index (κ3) is 5.69. The summed E-state index contributed by atoms with van der Waals surface area (Å²) in [5.74, 6) is 0. The maximum absolute atomic E-state index is 12.3. The molecule has 1 heterocycles. The molecule has 7 heteroatoms. The van der Waals surface area contributed by atoms with Gasteiger partial charge in [-0.25, -0.2) is 0 Å². The first kappa shape index (κ1) is 14.0. The van der Waals surface area contributed by atoms with Crippen LogP contribution in [-0.2, 0) is 13.6 Å². The maximum atomic E-state index is 12.3. The van der Waals surface area contributed by atoms with Gasteiger partial charge in [0, 0.05) is 38.5 Å². The van der Waals surface area contributed by atoms with Gasteiger partial charge in [-0.3, -0.25) is 9.58 Å². The second-order valence-electron chi connectivity index (χ2n) is 3.93.